The Bertz CT molecular complexity index is 1060. The number of sulfonamides is 1. The van der Waals surface area contributed by atoms with Gasteiger partial charge in [-0.2, -0.15) is 4.31 Å². The van der Waals surface area contributed by atoms with Crippen molar-refractivity contribution in [1.82, 2.24) is 9.21 Å². The van der Waals surface area contributed by atoms with Crippen LogP contribution in [0.2, 0.25) is 0 Å². The highest BCUT2D eigenvalue weighted by atomic mass is 32.2. The predicted octanol–water partition coefficient (Wildman–Crippen LogP) is 3.11. The molecule has 4 rings (SSSR count). The van der Waals surface area contributed by atoms with Gasteiger partial charge in [0, 0.05) is 38.4 Å². The first kappa shape index (κ1) is 21.8. The first-order chi connectivity index (χ1) is 14.8. The highest BCUT2D eigenvalue weighted by Crippen LogP contribution is 2.29. The van der Waals surface area contributed by atoms with Crippen LogP contribution in [0.3, 0.4) is 0 Å². The number of piperazine rings is 1. The van der Waals surface area contributed by atoms with E-state index in [1.54, 1.807) is 24.3 Å². The van der Waals surface area contributed by atoms with E-state index in [0.29, 0.717) is 32.5 Å². The summed E-state index contributed by atoms with van der Waals surface area (Å²) in [6.45, 7) is 9.31. The van der Waals surface area contributed by atoms with E-state index < -0.39 is 16.1 Å². The molecular formula is C24H31N3O3S. The first-order valence-electron chi connectivity index (χ1n) is 11.0. The topological polar surface area (TPSA) is 60.9 Å². The molecule has 1 unspecified atom stereocenters. The molecule has 2 heterocycles. The van der Waals surface area contributed by atoms with E-state index in [9.17, 15) is 13.2 Å². The van der Waals surface area contributed by atoms with E-state index in [1.165, 1.54) is 21.1 Å². The second kappa shape index (κ2) is 8.63. The van der Waals surface area contributed by atoms with Gasteiger partial charge < -0.3 is 9.80 Å². The Kier molecular flexibility index (Phi) is 6.08. The third-order valence-electron chi connectivity index (χ3n) is 6.62. The molecule has 0 aromatic heterocycles. The van der Waals surface area contributed by atoms with Crippen LogP contribution in [0.1, 0.15) is 29.5 Å². The summed E-state index contributed by atoms with van der Waals surface area (Å²) in [5.41, 5.74) is 4.76. The molecule has 2 fully saturated rings. The largest absolute Gasteiger partial charge is 0.368 e. The molecular weight excluding hydrogens is 410 g/mol. The Morgan fingerprint density at radius 1 is 0.903 bits per heavy atom. The highest BCUT2D eigenvalue weighted by molar-refractivity contribution is 7.89. The summed E-state index contributed by atoms with van der Waals surface area (Å²) >= 11 is 0. The maximum atomic E-state index is 13.3. The molecule has 6 nitrogen and oxygen atoms in total. The normalized spacial score (nSPS) is 20.3. The lowest BCUT2D eigenvalue weighted by atomic mass is 10.1. The number of rotatable bonds is 4. The smallest absolute Gasteiger partial charge is 0.243 e. The third-order valence-corrected chi connectivity index (χ3v) is 8.55. The van der Waals surface area contributed by atoms with Crippen molar-refractivity contribution < 1.29 is 13.2 Å². The zero-order valence-corrected chi connectivity index (χ0v) is 19.4. The van der Waals surface area contributed by atoms with E-state index in [4.69, 9.17) is 0 Å². The molecule has 166 valence electrons. The van der Waals surface area contributed by atoms with Crippen LogP contribution in [-0.4, -0.2) is 62.3 Å². The SMILES string of the molecule is Cc1ccc(S(=O)(=O)N2CCCC2C(=O)N2CCN(c3cccc(C)c3C)CC2)cc1. The minimum atomic E-state index is -3.68. The molecule has 0 N–H and O–H groups in total. The highest BCUT2D eigenvalue weighted by Gasteiger charge is 2.41. The van der Waals surface area contributed by atoms with Crippen molar-refractivity contribution in [2.24, 2.45) is 0 Å². The van der Waals surface area contributed by atoms with Crippen molar-refractivity contribution in [1.29, 1.82) is 0 Å². The van der Waals surface area contributed by atoms with Gasteiger partial charge in [-0.3, -0.25) is 4.79 Å². The minimum Gasteiger partial charge on any atom is -0.368 e. The molecule has 1 atom stereocenters. The molecule has 31 heavy (non-hydrogen) atoms. The van der Waals surface area contributed by atoms with Gasteiger partial charge in [0.15, 0.2) is 0 Å². The number of carbonyl (C=O) groups is 1. The Labute approximate surface area is 185 Å². The second-order valence-electron chi connectivity index (χ2n) is 8.62. The molecule has 7 heteroatoms. The molecule has 0 spiro atoms. The summed E-state index contributed by atoms with van der Waals surface area (Å²) in [5.74, 6) is -0.0613. The molecule has 0 radical (unpaired) electrons. The number of anilines is 1. The maximum absolute atomic E-state index is 13.3. The van der Waals surface area contributed by atoms with Crippen molar-refractivity contribution in [3.05, 3.63) is 59.2 Å². The minimum absolute atomic E-state index is 0.0613. The number of hydrogen-bond acceptors (Lipinski definition) is 4. The zero-order chi connectivity index (χ0) is 22.2. The van der Waals surface area contributed by atoms with E-state index >= 15 is 0 Å². The molecule has 2 aliphatic rings. The molecule has 0 aliphatic carbocycles. The number of hydrogen-bond donors (Lipinski definition) is 0. The number of nitrogens with zero attached hydrogens (tertiary/aromatic N) is 3. The van der Waals surface area contributed by atoms with E-state index in [2.05, 4.69) is 36.9 Å². The lowest BCUT2D eigenvalue weighted by Crippen LogP contribution is -2.54. The quantitative estimate of drug-likeness (QED) is 0.732. The fraction of sp³-hybridized carbons (Fsp3) is 0.458. The van der Waals surface area contributed by atoms with Crippen molar-refractivity contribution in [3.63, 3.8) is 0 Å². The van der Waals surface area contributed by atoms with Crippen LogP contribution in [0.15, 0.2) is 47.4 Å². The van der Waals surface area contributed by atoms with Gasteiger partial charge in [0.25, 0.3) is 0 Å². The second-order valence-corrected chi connectivity index (χ2v) is 10.5. The van der Waals surface area contributed by atoms with Gasteiger partial charge in [-0.05, 0) is 62.9 Å². The van der Waals surface area contributed by atoms with Crippen molar-refractivity contribution in [3.8, 4) is 0 Å². The van der Waals surface area contributed by atoms with E-state index in [0.717, 1.165) is 18.7 Å². The summed E-state index contributed by atoms with van der Waals surface area (Å²) < 4.78 is 27.8. The zero-order valence-electron chi connectivity index (χ0n) is 18.5. The summed E-state index contributed by atoms with van der Waals surface area (Å²) in [7, 11) is -3.68. The lowest BCUT2D eigenvalue weighted by molar-refractivity contribution is -0.134. The van der Waals surface area contributed by atoms with Crippen molar-refractivity contribution in [2.45, 2.75) is 44.6 Å². The van der Waals surface area contributed by atoms with Crippen molar-refractivity contribution >= 4 is 21.6 Å². The van der Waals surface area contributed by atoms with Gasteiger partial charge in [-0.1, -0.05) is 29.8 Å². The van der Waals surface area contributed by atoms with Gasteiger partial charge in [0.2, 0.25) is 15.9 Å². The standard InChI is InChI=1S/C24H31N3O3S/c1-18-9-11-21(12-10-18)31(29,30)27-13-5-8-23(27)24(28)26-16-14-25(15-17-26)22-7-4-6-19(2)20(22)3/h4,6-7,9-12,23H,5,8,13-17H2,1-3H3. The average Bonchev–Trinajstić information content (AvgIpc) is 3.27. The molecule has 1 amide bonds. The third kappa shape index (κ3) is 4.21. The summed E-state index contributed by atoms with van der Waals surface area (Å²) in [6.07, 6.45) is 1.30. The number of benzene rings is 2. The Morgan fingerprint density at radius 3 is 2.26 bits per heavy atom. The fourth-order valence-electron chi connectivity index (χ4n) is 4.58. The Balaban J connectivity index is 1.46. The van der Waals surface area contributed by atoms with Crippen LogP contribution >= 0.6 is 0 Å². The summed E-state index contributed by atoms with van der Waals surface area (Å²) in [5, 5.41) is 0. The van der Waals surface area contributed by atoms with Crippen LogP contribution in [0, 0.1) is 20.8 Å². The van der Waals surface area contributed by atoms with Gasteiger partial charge in [-0.25, -0.2) is 8.42 Å². The fourth-order valence-corrected chi connectivity index (χ4v) is 6.23. The lowest BCUT2D eigenvalue weighted by Gasteiger charge is -2.38. The van der Waals surface area contributed by atoms with Crippen LogP contribution in [0.4, 0.5) is 5.69 Å². The Hall–Kier alpha value is -2.38. The molecule has 2 aromatic carbocycles. The van der Waals surface area contributed by atoms with Crippen LogP contribution in [0.5, 0.6) is 0 Å². The van der Waals surface area contributed by atoms with Crippen LogP contribution in [0.25, 0.3) is 0 Å². The van der Waals surface area contributed by atoms with Crippen molar-refractivity contribution in [2.75, 3.05) is 37.6 Å². The molecule has 2 aromatic rings. The summed E-state index contributed by atoms with van der Waals surface area (Å²) in [4.78, 5) is 17.7. The molecule has 0 saturated carbocycles. The van der Waals surface area contributed by atoms with Crippen LogP contribution < -0.4 is 4.90 Å². The van der Waals surface area contributed by atoms with Gasteiger partial charge in [0.1, 0.15) is 6.04 Å². The average molecular weight is 442 g/mol. The predicted molar refractivity (Wildman–Crippen MR) is 123 cm³/mol. The summed E-state index contributed by atoms with van der Waals surface area (Å²) in [6, 6.07) is 12.6. The van der Waals surface area contributed by atoms with Gasteiger partial charge >= 0.3 is 0 Å². The van der Waals surface area contributed by atoms with Gasteiger partial charge in [0.05, 0.1) is 4.90 Å². The number of amides is 1. The van der Waals surface area contributed by atoms with Gasteiger partial charge in [-0.15, -0.1) is 0 Å². The monoisotopic (exact) mass is 441 g/mol. The van der Waals surface area contributed by atoms with Crippen LogP contribution in [-0.2, 0) is 14.8 Å². The van der Waals surface area contributed by atoms with E-state index in [-0.39, 0.29) is 10.8 Å². The Morgan fingerprint density at radius 2 is 1.58 bits per heavy atom. The maximum Gasteiger partial charge on any atom is 0.243 e. The number of aryl methyl sites for hydroxylation is 2. The number of carbonyl (C=O) groups excluding carboxylic acids is 1. The molecule has 2 saturated heterocycles. The molecule has 2 aliphatic heterocycles. The van der Waals surface area contributed by atoms with E-state index in [1.807, 2.05) is 11.8 Å². The first-order valence-corrected chi connectivity index (χ1v) is 12.4. The molecule has 0 bridgehead atoms.